The number of hydrogen-bond donors (Lipinski definition) is 0. The van der Waals surface area contributed by atoms with Gasteiger partial charge in [0.15, 0.2) is 6.20 Å². The number of rotatable bonds is 3. The fourth-order valence-electron chi connectivity index (χ4n) is 4.00. The van der Waals surface area contributed by atoms with Crippen molar-refractivity contribution in [3.63, 3.8) is 0 Å². The van der Waals surface area contributed by atoms with Gasteiger partial charge in [-0.25, -0.2) is 4.57 Å². The third-order valence-electron chi connectivity index (χ3n) is 5.31. The van der Waals surface area contributed by atoms with E-state index in [2.05, 4.69) is 18.2 Å². The standard InChI is InChI=1S/C23H25N2O2/c1-23(2)25(20(16-27-23)13-17-9-5-4-6-10-17)22(26)19-14-18-11-7-8-12-21(18)24(3)15-19/h4-12,14-15,20H,13,16H2,1-3H3/q+1/t20-/m0/s1. The van der Waals surface area contributed by atoms with Crippen molar-refractivity contribution in [2.24, 2.45) is 7.05 Å². The Kier molecular flexibility index (Phi) is 4.44. The van der Waals surface area contributed by atoms with E-state index in [4.69, 9.17) is 4.74 Å². The number of carbonyl (C=O) groups is 1. The van der Waals surface area contributed by atoms with Crippen LogP contribution in [-0.4, -0.2) is 29.2 Å². The van der Waals surface area contributed by atoms with Crippen molar-refractivity contribution < 1.29 is 14.1 Å². The lowest BCUT2D eigenvalue weighted by molar-refractivity contribution is -0.645. The van der Waals surface area contributed by atoms with Gasteiger partial charge in [0, 0.05) is 11.5 Å². The van der Waals surface area contributed by atoms with E-state index in [1.165, 1.54) is 5.56 Å². The molecule has 0 radical (unpaired) electrons. The molecule has 3 aromatic rings. The highest BCUT2D eigenvalue weighted by Crippen LogP contribution is 2.31. The zero-order valence-corrected chi connectivity index (χ0v) is 16.1. The van der Waals surface area contributed by atoms with Gasteiger partial charge < -0.3 is 9.64 Å². The number of pyridine rings is 1. The smallest absolute Gasteiger partial charge is 0.262 e. The number of benzene rings is 2. The van der Waals surface area contributed by atoms with E-state index in [-0.39, 0.29) is 11.9 Å². The Hall–Kier alpha value is -2.72. The summed E-state index contributed by atoms with van der Waals surface area (Å²) >= 11 is 0. The van der Waals surface area contributed by atoms with Crippen LogP contribution in [0, 0.1) is 0 Å². The molecule has 0 aliphatic carbocycles. The lowest BCUT2D eigenvalue weighted by Gasteiger charge is -2.33. The molecule has 1 atom stereocenters. The lowest BCUT2D eigenvalue weighted by atomic mass is 10.0. The van der Waals surface area contributed by atoms with Crippen molar-refractivity contribution in [3.8, 4) is 0 Å². The van der Waals surface area contributed by atoms with E-state index in [0.29, 0.717) is 12.2 Å². The van der Waals surface area contributed by atoms with E-state index in [1.807, 2.05) is 79.0 Å². The van der Waals surface area contributed by atoms with Crippen LogP contribution in [0.2, 0.25) is 0 Å². The number of carbonyl (C=O) groups excluding carboxylic acids is 1. The SMILES string of the molecule is C[n+]1cc(C(=O)N2[C@@H](Cc3ccccc3)COC2(C)C)cc2ccccc21. The molecule has 2 aromatic carbocycles. The molecule has 0 unspecified atom stereocenters. The van der Waals surface area contributed by atoms with Gasteiger partial charge in [-0.2, -0.15) is 0 Å². The molecule has 4 nitrogen and oxygen atoms in total. The molecule has 0 saturated carbocycles. The Balaban J connectivity index is 1.69. The summed E-state index contributed by atoms with van der Waals surface area (Å²) in [6, 6.07) is 20.4. The highest BCUT2D eigenvalue weighted by molar-refractivity contribution is 5.97. The summed E-state index contributed by atoms with van der Waals surface area (Å²) in [5.74, 6) is 0.0137. The number of amides is 1. The molecule has 0 N–H and O–H groups in total. The third kappa shape index (κ3) is 3.33. The minimum atomic E-state index is -0.624. The molecule has 1 amide bonds. The molecule has 1 aliphatic rings. The van der Waals surface area contributed by atoms with Crippen LogP contribution in [-0.2, 0) is 18.2 Å². The van der Waals surface area contributed by atoms with Crippen LogP contribution in [0.3, 0.4) is 0 Å². The summed E-state index contributed by atoms with van der Waals surface area (Å²) in [6.07, 6.45) is 2.70. The third-order valence-corrected chi connectivity index (χ3v) is 5.31. The monoisotopic (exact) mass is 361 g/mol. The van der Waals surface area contributed by atoms with E-state index in [1.54, 1.807) is 0 Å². The second-order valence-electron chi connectivity index (χ2n) is 7.67. The first-order valence-corrected chi connectivity index (χ1v) is 9.36. The Morgan fingerprint density at radius 2 is 1.85 bits per heavy atom. The first kappa shape index (κ1) is 17.7. The van der Waals surface area contributed by atoms with Gasteiger partial charge in [-0.15, -0.1) is 0 Å². The molecular weight excluding hydrogens is 336 g/mol. The predicted octanol–water partition coefficient (Wildman–Crippen LogP) is 3.48. The molecule has 138 valence electrons. The minimum absolute atomic E-state index is 0.0137. The molecule has 4 heteroatoms. The molecule has 1 saturated heterocycles. The summed E-state index contributed by atoms with van der Waals surface area (Å²) in [6.45, 7) is 4.49. The maximum Gasteiger partial charge on any atom is 0.262 e. The number of ether oxygens (including phenoxy) is 1. The lowest BCUT2D eigenvalue weighted by Crippen LogP contribution is -2.49. The zero-order chi connectivity index (χ0) is 19.0. The average Bonchev–Trinajstić information content (AvgIpc) is 2.96. The summed E-state index contributed by atoms with van der Waals surface area (Å²) in [5.41, 5.74) is 2.38. The average molecular weight is 361 g/mol. The fraction of sp³-hybridized carbons (Fsp3) is 0.304. The Labute approximate surface area is 160 Å². The first-order chi connectivity index (χ1) is 13.0. The topological polar surface area (TPSA) is 33.4 Å². The molecule has 1 fully saturated rings. The van der Waals surface area contributed by atoms with Gasteiger partial charge in [-0.3, -0.25) is 4.79 Å². The van der Waals surface area contributed by atoms with Crippen LogP contribution in [0.4, 0.5) is 0 Å². The van der Waals surface area contributed by atoms with Gasteiger partial charge in [-0.05, 0) is 38.0 Å². The van der Waals surface area contributed by atoms with Crippen LogP contribution in [0.1, 0.15) is 29.8 Å². The number of para-hydroxylation sites is 1. The number of hydrogen-bond acceptors (Lipinski definition) is 2. The second kappa shape index (κ2) is 6.78. The van der Waals surface area contributed by atoms with Crippen LogP contribution in [0.25, 0.3) is 10.9 Å². The van der Waals surface area contributed by atoms with Crippen molar-refractivity contribution >= 4 is 16.8 Å². The van der Waals surface area contributed by atoms with Gasteiger partial charge in [-0.1, -0.05) is 42.5 Å². The van der Waals surface area contributed by atoms with E-state index in [0.717, 1.165) is 17.3 Å². The van der Waals surface area contributed by atoms with Gasteiger partial charge in [0.2, 0.25) is 5.52 Å². The summed E-state index contributed by atoms with van der Waals surface area (Å²) in [5, 5.41) is 1.06. The molecule has 2 heterocycles. The zero-order valence-electron chi connectivity index (χ0n) is 16.1. The Morgan fingerprint density at radius 3 is 2.63 bits per heavy atom. The van der Waals surface area contributed by atoms with E-state index < -0.39 is 5.72 Å². The normalized spacial score (nSPS) is 18.8. The maximum absolute atomic E-state index is 13.5. The number of aromatic nitrogens is 1. The Morgan fingerprint density at radius 1 is 1.15 bits per heavy atom. The molecule has 27 heavy (non-hydrogen) atoms. The van der Waals surface area contributed by atoms with Gasteiger partial charge in [0.05, 0.1) is 12.6 Å². The van der Waals surface area contributed by atoms with Gasteiger partial charge in [0.1, 0.15) is 18.3 Å². The number of nitrogens with zero attached hydrogens (tertiary/aromatic N) is 2. The highest BCUT2D eigenvalue weighted by Gasteiger charge is 2.44. The van der Waals surface area contributed by atoms with Crippen molar-refractivity contribution in [3.05, 3.63) is 78.0 Å². The van der Waals surface area contributed by atoms with Crippen LogP contribution < -0.4 is 4.57 Å². The Bertz CT molecular complexity index is 982. The van der Waals surface area contributed by atoms with E-state index >= 15 is 0 Å². The fourth-order valence-corrected chi connectivity index (χ4v) is 4.00. The number of aryl methyl sites for hydroxylation is 1. The van der Waals surface area contributed by atoms with Crippen LogP contribution in [0.5, 0.6) is 0 Å². The molecule has 0 spiro atoms. The summed E-state index contributed by atoms with van der Waals surface area (Å²) in [4.78, 5) is 15.4. The summed E-state index contributed by atoms with van der Waals surface area (Å²) < 4.78 is 8.01. The second-order valence-corrected chi connectivity index (χ2v) is 7.67. The van der Waals surface area contributed by atoms with Crippen LogP contribution >= 0.6 is 0 Å². The van der Waals surface area contributed by atoms with Crippen molar-refractivity contribution in [1.82, 2.24) is 4.90 Å². The molecule has 4 rings (SSSR count). The van der Waals surface area contributed by atoms with Crippen molar-refractivity contribution in [1.29, 1.82) is 0 Å². The predicted molar refractivity (Wildman–Crippen MR) is 105 cm³/mol. The molecule has 1 aliphatic heterocycles. The summed E-state index contributed by atoms with van der Waals surface area (Å²) in [7, 11) is 1.98. The highest BCUT2D eigenvalue weighted by atomic mass is 16.5. The molecular formula is C23H25N2O2+. The van der Waals surface area contributed by atoms with Crippen molar-refractivity contribution in [2.45, 2.75) is 32.0 Å². The van der Waals surface area contributed by atoms with Gasteiger partial charge in [0.25, 0.3) is 5.91 Å². The van der Waals surface area contributed by atoms with E-state index in [9.17, 15) is 4.79 Å². The molecule has 0 bridgehead atoms. The molecule has 1 aromatic heterocycles. The maximum atomic E-state index is 13.5. The van der Waals surface area contributed by atoms with Gasteiger partial charge >= 0.3 is 0 Å². The number of fused-ring (bicyclic) bond motifs is 1. The van der Waals surface area contributed by atoms with Crippen molar-refractivity contribution in [2.75, 3.05) is 6.61 Å². The first-order valence-electron chi connectivity index (χ1n) is 9.36. The van der Waals surface area contributed by atoms with Crippen LogP contribution in [0.15, 0.2) is 66.9 Å². The largest absolute Gasteiger partial charge is 0.354 e. The quantitative estimate of drug-likeness (QED) is 0.669. The minimum Gasteiger partial charge on any atom is -0.354 e.